The van der Waals surface area contributed by atoms with Gasteiger partial charge in [-0.15, -0.1) is 0 Å². The second kappa shape index (κ2) is 7.28. The molecule has 5 nitrogen and oxygen atoms in total. The molecule has 5 atom stereocenters. The van der Waals surface area contributed by atoms with E-state index in [4.69, 9.17) is 15.2 Å². The third-order valence-corrected chi connectivity index (χ3v) is 3.52. The Morgan fingerprint density at radius 3 is 2.65 bits per heavy atom. The van der Waals surface area contributed by atoms with E-state index < -0.39 is 6.10 Å². The minimum absolute atomic E-state index is 0.0271. The Kier molecular flexibility index (Phi) is 6.37. The van der Waals surface area contributed by atoms with E-state index in [2.05, 4.69) is 0 Å². The number of hydrogen-bond donors (Lipinski definition) is 3. The zero-order valence-corrected chi connectivity index (χ0v) is 10.7. The number of ether oxygens (including phenoxy) is 2. The minimum Gasteiger partial charge on any atom is -0.394 e. The second-order valence-electron chi connectivity index (χ2n) is 4.81. The molecule has 1 aliphatic rings. The summed E-state index contributed by atoms with van der Waals surface area (Å²) in [6.07, 6.45) is 1.08. The lowest BCUT2D eigenvalue weighted by Crippen LogP contribution is -2.47. The first-order chi connectivity index (χ1) is 8.12. The maximum absolute atomic E-state index is 9.98. The van der Waals surface area contributed by atoms with Crippen LogP contribution in [-0.2, 0) is 9.47 Å². The first kappa shape index (κ1) is 14.9. The maximum atomic E-state index is 9.98. The Morgan fingerprint density at radius 2 is 2.12 bits per heavy atom. The highest BCUT2D eigenvalue weighted by Gasteiger charge is 2.32. The molecule has 1 rings (SSSR count). The van der Waals surface area contributed by atoms with Gasteiger partial charge in [0.1, 0.15) is 0 Å². The molecular weight excluding hydrogens is 222 g/mol. The summed E-state index contributed by atoms with van der Waals surface area (Å²) in [6.45, 7) is 2.44. The largest absolute Gasteiger partial charge is 0.394 e. The molecule has 1 saturated heterocycles. The van der Waals surface area contributed by atoms with Gasteiger partial charge in [0.25, 0.3) is 0 Å². The molecule has 0 aromatic heterocycles. The normalized spacial score (nSPS) is 39.7. The van der Waals surface area contributed by atoms with Gasteiger partial charge in [0.15, 0.2) is 0 Å². The maximum Gasteiger partial charge on any atom is 0.0839 e. The number of aliphatic hydroxyl groups is 2. The van der Waals surface area contributed by atoms with Crippen LogP contribution in [0.4, 0.5) is 0 Å². The van der Waals surface area contributed by atoms with Gasteiger partial charge in [0, 0.05) is 13.2 Å². The molecule has 1 fully saturated rings. The van der Waals surface area contributed by atoms with E-state index >= 15 is 0 Å². The Morgan fingerprint density at radius 1 is 1.41 bits per heavy atom. The first-order valence-corrected chi connectivity index (χ1v) is 6.31. The fourth-order valence-corrected chi connectivity index (χ4v) is 2.43. The highest BCUT2D eigenvalue weighted by atomic mass is 16.5. The van der Waals surface area contributed by atoms with Crippen molar-refractivity contribution in [1.29, 1.82) is 0 Å². The van der Waals surface area contributed by atoms with Gasteiger partial charge in [0.05, 0.1) is 31.5 Å². The van der Waals surface area contributed by atoms with Crippen LogP contribution in [0.5, 0.6) is 0 Å². The smallest absolute Gasteiger partial charge is 0.0839 e. The molecule has 5 heteroatoms. The molecule has 0 amide bonds. The molecule has 0 spiro atoms. The summed E-state index contributed by atoms with van der Waals surface area (Å²) < 4.78 is 10.9. The number of hydrogen-bond acceptors (Lipinski definition) is 5. The molecule has 0 aromatic carbocycles. The number of nitrogens with two attached hydrogens (primary N) is 1. The minimum atomic E-state index is -0.530. The molecular formula is C12H25NO4. The third-order valence-electron chi connectivity index (χ3n) is 3.52. The van der Waals surface area contributed by atoms with Gasteiger partial charge >= 0.3 is 0 Å². The molecule has 4 N–H and O–H groups in total. The summed E-state index contributed by atoms with van der Waals surface area (Å²) in [7, 11) is 1.61. The Hall–Kier alpha value is -0.200. The SMILES string of the molecule is CCC1CC(O)C(N)CC(COC)OC1CO. The molecule has 0 saturated carbocycles. The van der Waals surface area contributed by atoms with Crippen molar-refractivity contribution in [2.24, 2.45) is 11.7 Å². The van der Waals surface area contributed by atoms with Gasteiger partial charge in [-0.3, -0.25) is 0 Å². The van der Waals surface area contributed by atoms with E-state index in [1.54, 1.807) is 7.11 Å². The molecule has 17 heavy (non-hydrogen) atoms. The number of rotatable bonds is 4. The average molecular weight is 247 g/mol. The van der Waals surface area contributed by atoms with Gasteiger partial charge in [0.2, 0.25) is 0 Å². The lowest BCUT2D eigenvalue weighted by atomic mass is 9.87. The van der Waals surface area contributed by atoms with Gasteiger partial charge in [-0.1, -0.05) is 13.3 Å². The van der Waals surface area contributed by atoms with Crippen LogP contribution >= 0.6 is 0 Å². The molecule has 1 aliphatic heterocycles. The van der Waals surface area contributed by atoms with Crippen LogP contribution in [0, 0.1) is 5.92 Å². The van der Waals surface area contributed by atoms with Gasteiger partial charge < -0.3 is 25.4 Å². The molecule has 5 unspecified atom stereocenters. The molecule has 1 heterocycles. The summed E-state index contributed by atoms with van der Waals surface area (Å²) in [6, 6.07) is -0.288. The lowest BCUT2D eigenvalue weighted by molar-refractivity contribution is -0.117. The zero-order valence-electron chi connectivity index (χ0n) is 10.7. The van der Waals surface area contributed by atoms with Crippen LogP contribution in [0.1, 0.15) is 26.2 Å². The lowest BCUT2D eigenvalue weighted by Gasteiger charge is -2.36. The van der Waals surface area contributed by atoms with Crippen molar-refractivity contribution in [3.63, 3.8) is 0 Å². The van der Waals surface area contributed by atoms with Crippen LogP contribution in [0.2, 0.25) is 0 Å². The van der Waals surface area contributed by atoms with Crippen molar-refractivity contribution < 1.29 is 19.7 Å². The Labute approximate surface area is 103 Å². The molecule has 0 aromatic rings. The fraction of sp³-hybridized carbons (Fsp3) is 1.00. The number of methoxy groups -OCH3 is 1. The van der Waals surface area contributed by atoms with Crippen LogP contribution in [0.15, 0.2) is 0 Å². The predicted octanol–water partition coefficient (Wildman–Crippen LogP) is -0.113. The van der Waals surface area contributed by atoms with Crippen LogP contribution in [0.25, 0.3) is 0 Å². The average Bonchev–Trinajstić information content (AvgIpc) is 2.31. The first-order valence-electron chi connectivity index (χ1n) is 6.31. The molecule has 0 bridgehead atoms. The van der Waals surface area contributed by atoms with E-state index in [0.29, 0.717) is 19.4 Å². The summed E-state index contributed by atoms with van der Waals surface area (Å²) in [4.78, 5) is 0. The van der Waals surface area contributed by atoms with E-state index in [-0.39, 0.29) is 30.8 Å². The predicted molar refractivity (Wildman–Crippen MR) is 64.6 cm³/mol. The zero-order chi connectivity index (χ0) is 12.8. The van der Waals surface area contributed by atoms with Crippen molar-refractivity contribution in [2.45, 2.75) is 50.5 Å². The Balaban J connectivity index is 2.72. The van der Waals surface area contributed by atoms with Crippen LogP contribution in [-0.4, -0.2) is 54.9 Å². The quantitative estimate of drug-likeness (QED) is 0.645. The van der Waals surface area contributed by atoms with E-state index in [0.717, 1.165) is 6.42 Å². The van der Waals surface area contributed by atoms with Gasteiger partial charge in [-0.25, -0.2) is 0 Å². The van der Waals surface area contributed by atoms with Crippen molar-refractivity contribution >= 4 is 0 Å². The van der Waals surface area contributed by atoms with Crippen LogP contribution in [0.3, 0.4) is 0 Å². The van der Waals surface area contributed by atoms with Crippen molar-refractivity contribution in [2.75, 3.05) is 20.3 Å². The monoisotopic (exact) mass is 247 g/mol. The van der Waals surface area contributed by atoms with Crippen molar-refractivity contribution in [3.8, 4) is 0 Å². The summed E-state index contributed by atoms with van der Waals surface area (Å²) in [5.74, 6) is 0.140. The van der Waals surface area contributed by atoms with Crippen molar-refractivity contribution in [3.05, 3.63) is 0 Å². The third kappa shape index (κ3) is 4.19. The Bertz CT molecular complexity index is 215. The summed E-state index contributed by atoms with van der Waals surface area (Å²) in [5.41, 5.74) is 5.92. The van der Waals surface area contributed by atoms with Gasteiger partial charge in [-0.2, -0.15) is 0 Å². The second-order valence-corrected chi connectivity index (χ2v) is 4.81. The molecule has 0 radical (unpaired) electrons. The topological polar surface area (TPSA) is 84.9 Å². The molecule has 102 valence electrons. The summed E-state index contributed by atoms with van der Waals surface area (Å²) >= 11 is 0. The van der Waals surface area contributed by atoms with E-state index in [1.807, 2.05) is 6.92 Å². The highest BCUT2D eigenvalue weighted by Crippen LogP contribution is 2.25. The highest BCUT2D eigenvalue weighted by molar-refractivity contribution is 4.84. The van der Waals surface area contributed by atoms with Gasteiger partial charge in [-0.05, 0) is 18.8 Å². The standard InChI is InChI=1S/C12H25NO4/c1-3-8-4-11(15)10(13)5-9(7-16-2)17-12(8)6-14/h8-12,14-15H,3-7,13H2,1-2H3. The summed E-state index contributed by atoms with van der Waals surface area (Å²) in [5, 5.41) is 19.3. The fourth-order valence-electron chi connectivity index (χ4n) is 2.43. The van der Waals surface area contributed by atoms with E-state index in [1.165, 1.54) is 0 Å². The van der Waals surface area contributed by atoms with Crippen LogP contribution < -0.4 is 5.73 Å². The number of aliphatic hydroxyl groups excluding tert-OH is 2. The van der Waals surface area contributed by atoms with Crippen molar-refractivity contribution in [1.82, 2.24) is 0 Å². The molecule has 0 aliphatic carbocycles. The van der Waals surface area contributed by atoms with E-state index in [9.17, 15) is 10.2 Å².